The van der Waals surface area contributed by atoms with E-state index in [2.05, 4.69) is 4.72 Å². The highest BCUT2D eigenvalue weighted by Gasteiger charge is 2.20. The fourth-order valence-corrected chi connectivity index (χ4v) is 3.32. The van der Waals surface area contributed by atoms with E-state index in [1.54, 1.807) is 13.8 Å². The summed E-state index contributed by atoms with van der Waals surface area (Å²) in [5.74, 6) is -1.24. The van der Waals surface area contributed by atoms with Gasteiger partial charge in [-0.05, 0) is 12.0 Å². The molecule has 0 aliphatic carbocycles. The number of hydrogen-bond acceptors (Lipinski definition) is 5. The lowest BCUT2D eigenvalue weighted by Crippen LogP contribution is -2.34. The maximum absolute atomic E-state index is 11.8. The van der Waals surface area contributed by atoms with E-state index in [9.17, 15) is 18.3 Å². The van der Waals surface area contributed by atoms with Gasteiger partial charge in [-0.2, -0.15) is 0 Å². The summed E-state index contributed by atoms with van der Waals surface area (Å²) >= 11 is 0.832. The Morgan fingerprint density at radius 2 is 2.11 bits per heavy atom. The van der Waals surface area contributed by atoms with E-state index in [0.717, 1.165) is 17.4 Å². The van der Waals surface area contributed by atoms with Crippen LogP contribution in [0.25, 0.3) is 0 Å². The molecule has 0 saturated heterocycles. The summed E-state index contributed by atoms with van der Waals surface area (Å²) in [5, 5.41) is 19.5. The first-order valence-corrected chi connectivity index (χ1v) is 7.60. The van der Waals surface area contributed by atoms with Crippen molar-refractivity contribution in [3.8, 4) is 0 Å². The normalized spacial score (nSPS) is 13.8. The molecule has 18 heavy (non-hydrogen) atoms. The summed E-state index contributed by atoms with van der Waals surface area (Å²) in [6.45, 7) is 3.44. The number of carboxylic acids is 1. The quantitative estimate of drug-likeness (QED) is 0.717. The van der Waals surface area contributed by atoms with Crippen molar-refractivity contribution in [2.45, 2.75) is 24.2 Å². The third-order valence-electron chi connectivity index (χ3n) is 2.34. The lowest BCUT2D eigenvalue weighted by atomic mass is 10.1. The van der Waals surface area contributed by atoms with Crippen LogP contribution in [0.3, 0.4) is 0 Å². The molecule has 0 spiro atoms. The molecule has 1 rings (SSSR count). The van der Waals surface area contributed by atoms with Crippen molar-refractivity contribution in [3.05, 3.63) is 17.0 Å². The average Bonchev–Trinajstić information content (AvgIpc) is 2.75. The average molecular weight is 293 g/mol. The first kappa shape index (κ1) is 15.1. The summed E-state index contributed by atoms with van der Waals surface area (Å²) in [5.41, 5.74) is -0.0650. The van der Waals surface area contributed by atoms with E-state index < -0.39 is 22.1 Å². The minimum Gasteiger partial charge on any atom is -0.478 e. The Balaban J connectivity index is 2.77. The van der Waals surface area contributed by atoms with Crippen LogP contribution in [0.1, 0.15) is 24.2 Å². The van der Waals surface area contributed by atoms with Crippen LogP contribution in [0.2, 0.25) is 0 Å². The minimum atomic E-state index is -3.76. The molecular weight excluding hydrogens is 278 g/mol. The highest BCUT2D eigenvalue weighted by atomic mass is 32.2. The highest BCUT2D eigenvalue weighted by Crippen LogP contribution is 2.20. The number of rotatable bonds is 6. The first-order valence-electron chi connectivity index (χ1n) is 5.23. The predicted molar refractivity (Wildman–Crippen MR) is 67.3 cm³/mol. The molecule has 102 valence electrons. The lowest BCUT2D eigenvalue weighted by molar-refractivity contribution is 0.0697. The second-order valence-electron chi connectivity index (χ2n) is 4.12. The molecule has 8 heteroatoms. The van der Waals surface area contributed by atoms with Crippen molar-refractivity contribution in [2.75, 3.05) is 6.54 Å². The van der Waals surface area contributed by atoms with Crippen molar-refractivity contribution >= 4 is 27.3 Å². The third kappa shape index (κ3) is 3.77. The van der Waals surface area contributed by atoms with Gasteiger partial charge in [0.15, 0.2) is 0 Å². The molecule has 1 aromatic rings. The maximum Gasteiger partial charge on any atom is 0.336 e. The fraction of sp³-hybridized carbons (Fsp3) is 0.500. The summed E-state index contributed by atoms with van der Waals surface area (Å²) in [7, 11) is -3.76. The molecule has 0 aliphatic rings. The van der Waals surface area contributed by atoms with Crippen LogP contribution in [0, 0.1) is 5.92 Å². The largest absolute Gasteiger partial charge is 0.478 e. The zero-order valence-electron chi connectivity index (χ0n) is 9.95. The van der Waals surface area contributed by atoms with Gasteiger partial charge < -0.3 is 10.2 Å². The highest BCUT2D eigenvalue weighted by molar-refractivity contribution is 7.91. The number of carboxylic acid groups (broad SMARTS) is 1. The standard InChI is InChI=1S/C10H15NO5S2/c1-6(2)8(12)4-11-18(15,16)9-3-7(5-17-9)10(13)14/h3,5-6,8,11-12H,4H2,1-2H3,(H,13,14). The van der Waals surface area contributed by atoms with Gasteiger partial charge in [-0.25, -0.2) is 17.9 Å². The molecule has 1 unspecified atom stereocenters. The Hall–Kier alpha value is -0.960. The monoisotopic (exact) mass is 293 g/mol. The fourth-order valence-electron chi connectivity index (χ4n) is 1.07. The number of aliphatic hydroxyl groups excluding tert-OH is 1. The van der Waals surface area contributed by atoms with Gasteiger partial charge in [-0.1, -0.05) is 13.8 Å². The number of aromatic carboxylic acids is 1. The van der Waals surface area contributed by atoms with Crippen LogP contribution in [0.15, 0.2) is 15.7 Å². The second kappa shape index (κ2) is 5.79. The molecule has 0 radical (unpaired) electrons. The SMILES string of the molecule is CC(C)C(O)CNS(=O)(=O)c1cc(C(=O)O)cs1. The van der Waals surface area contributed by atoms with Gasteiger partial charge in [0.1, 0.15) is 4.21 Å². The molecular formula is C10H15NO5S2. The van der Waals surface area contributed by atoms with Gasteiger partial charge in [-0.15, -0.1) is 11.3 Å². The van der Waals surface area contributed by atoms with Crippen molar-refractivity contribution in [1.29, 1.82) is 0 Å². The van der Waals surface area contributed by atoms with E-state index in [-0.39, 0.29) is 22.2 Å². The van der Waals surface area contributed by atoms with E-state index in [4.69, 9.17) is 5.11 Å². The molecule has 0 amide bonds. The molecule has 6 nitrogen and oxygen atoms in total. The number of sulfonamides is 1. The number of hydrogen-bond donors (Lipinski definition) is 3. The summed E-state index contributed by atoms with van der Waals surface area (Å²) in [4.78, 5) is 10.6. The second-order valence-corrected chi connectivity index (χ2v) is 7.03. The van der Waals surface area contributed by atoms with Gasteiger partial charge in [0.25, 0.3) is 0 Å². The molecule has 1 aromatic heterocycles. The van der Waals surface area contributed by atoms with Gasteiger partial charge >= 0.3 is 5.97 Å². The summed E-state index contributed by atoms with van der Waals surface area (Å²) in [6.07, 6.45) is -0.779. The molecule has 1 heterocycles. The van der Waals surface area contributed by atoms with E-state index in [1.807, 2.05) is 0 Å². The number of aliphatic hydroxyl groups is 1. The van der Waals surface area contributed by atoms with Crippen molar-refractivity contribution in [2.24, 2.45) is 5.92 Å². The maximum atomic E-state index is 11.8. The van der Waals surface area contributed by atoms with Crippen LogP contribution >= 0.6 is 11.3 Å². The van der Waals surface area contributed by atoms with E-state index >= 15 is 0 Å². The topological polar surface area (TPSA) is 104 Å². The third-order valence-corrected chi connectivity index (χ3v) is 5.20. The van der Waals surface area contributed by atoms with Crippen LogP contribution in [0.4, 0.5) is 0 Å². The smallest absolute Gasteiger partial charge is 0.336 e. The molecule has 0 fully saturated rings. The van der Waals surface area contributed by atoms with E-state index in [1.165, 1.54) is 5.38 Å². The van der Waals surface area contributed by atoms with Gasteiger partial charge in [0, 0.05) is 11.9 Å². The first-order chi connectivity index (χ1) is 8.24. The van der Waals surface area contributed by atoms with Crippen LogP contribution < -0.4 is 4.72 Å². The van der Waals surface area contributed by atoms with Gasteiger partial charge in [0.05, 0.1) is 11.7 Å². The van der Waals surface area contributed by atoms with Crippen molar-refractivity contribution in [3.63, 3.8) is 0 Å². The Kier molecular flexibility index (Phi) is 4.85. The zero-order valence-corrected chi connectivity index (χ0v) is 11.6. The lowest BCUT2D eigenvalue weighted by Gasteiger charge is -2.14. The molecule has 3 N–H and O–H groups in total. The van der Waals surface area contributed by atoms with E-state index in [0.29, 0.717) is 0 Å². The molecule has 0 aromatic carbocycles. The molecule has 0 saturated carbocycles. The summed E-state index contributed by atoms with van der Waals surface area (Å²) < 4.78 is 25.8. The van der Waals surface area contributed by atoms with Gasteiger partial charge in [-0.3, -0.25) is 0 Å². The Morgan fingerprint density at radius 1 is 1.50 bits per heavy atom. The number of nitrogens with one attached hydrogen (secondary N) is 1. The summed E-state index contributed by atoms with van der Waals surface area (Å²) in [6, 6.07) is 1.09. The van der Waals surface area contributed by atoms with Crippen LogP contribution in [-0.2, 0) is 10.0 Å². The Labute approximate surface area is 109 Å². The molecule has 0 bridgehead atoms. The minimum absolute atomic E-state index is 0.0642. The van der Waals surface area contributed by atoms with Crippen molar-refractivity contribution in [1.82, 2.24) is 4.72 Å². The number of thiophene rings is 1. The molecule has 0 aliphatic heterocycles. The van der Waals surface area contributed by atoms with Gasteiger partial charge in [0.2, 0.25) is 10.0 Å². The Bertz CT molecular complexity index is 520. The predicted octanol–water partition coefficient (Wildman–Crippen LogP) is 0.742. The van der Waals surface area contributed by atoms with Crippen LogP contribution in [-0.4, -0.2) is 37.2 Å². The van der Waals surface area contributed by atoms with Crippen LogP contribution in [0.5, 0.6) is 0 Å². The van der Waals surface area contributed by atoms with Crippen molar-refractivity contribution < 1.29 is 23.4 Å². The Morgan fingerprint density at radius 3 is 2.56 bits per heavy atom. The molecule has 1 atom stereocenters. The number of carbonyl (C=O) groups is 1. The zero-order chi connectivity index (χ0) is 13.9.